The monoisotopic (exact) mass is 285 g/mol. The Hall–Kier alpha value is -1.30. The first-order valence-corrected chi connectivity index (χ1v) is 7.00. The van der Waals surface area contributed by atoms with E-state index < -0.39 is 23.2 Å². The van der Waals surface area contributed by atoms with Crippen molar-refractivity contribution in [3.8, 4) is 0 Å². The standard InChI is InChI=1S/C14H23NO5/c1-5-19-10(17)14(8-13(14)6-9(13)7-16)15-11(18)20-12(2,3)4/h9,16H,5-8H2,1-4H3,(H,15,18)/t9-,13+,14+/m1/s1. The van der Waals surface area contributed by atoms with Gasteiger partial charge in [0, 0.05) is 12.0 Å². The van der Waals surface area contributed by atoms with Crippen molar-refractivity contribution < 1.29 is 24.2 Å². The van der Waals surface area contributed by atoms with Crippen molar-refractivity contribution >= 4 is 12.1 Å². The summed E-state index contributed by atoms with van der Waals surface area (Å²) in [6.07, 6.45) is 0.632. The molecule has 20 heavy (non-hydrogen) atoms. The molecule has 114 valence electrons. The number of carbonyl (C=O) groups is 2. The SMILES string of the molecule is CCOC(=O)[C@@]1(NC(=O)OC(C)(C)C)C[C@]12C[C@@H]2CO. The molecule has 1 spiro atoms. The van der Waals surface area contributed by atoms with Gasteiger partial charge in [-0.2, -0.15) is 0 Å². The van der Waals surface area contributed by atoms with Crippen LogP contribution in [0, 0.1) is 11.3 Å². The first kappa shape index (κ1) is 15.1. The van der Waals surface area contributed by atoms with E-state index in [0.717, 1.165) is 6.42 Å². The molecular weight excluding hydrogens is 262 g/mol. The van der Waals surface area contributed by atoms with E-state index in [9.17, 15) is 14.7 Å². The van der Waals surface area contributed by atoms with E-state index in [0.29, 0.717) is 6.42 Å². The summed E-state index contributed by atoms with van der Waals surface area (Å²) in [5.41, 5.74) is -1.97. The minimum absolute atomic E-state index is 0.0250. The fraction of sp³-hybridized carbons (Fsp3) is 0.857. The molecule has 2 rings (SSSR count). The summed E-state index contributed by atoms with van der Waals surface area (Å²) in [6.45, 7) is 7.30. The Bertz CT molecular complexity index is 430. The molecule has 0 aromatic rings. The molecule has 0 bridgehead atoms. The predicted octanol–water partition coefficient (Wildman–Crippen LogP) is 1.22. The van der Waals surface area contributed by atoms with Crippen LogP contribution in [0.3, 0.4) is 0 Å². The second-order valence-corrected chi connectivity index (χ2v) is 6.67. The van der Waals surface area contributed by atoms with Gasteiger partial charge in [-0.1, -0.05) is 0 Å². The van der Waals surface area contributed by atoms with Gasteiger partial charge in [0.1, 0.15) is 11.1 Å². The molecule has 0 aliphatic heterocycles. The summed E-state index contributed by atoms with van der Waals surface area (Å²) in [6, 6.07) is 0. The van der Waals surface area contributed by atoms with Gasteiger partial charge in [-0.25, -0.2) is 9.59 Å². The predicted molar refractivity (Wildman–Crippen MR) is 71.0 cm³/mol. The molecule has 2 saturated carbocycles. The summed E-state index contributed by atoms with van der Waals surface area (Å²) >= 11 is 0. The molecule has 0 aromatic heterocycles. The third kappa shape index (κ3) is 2.37. The molecule has 2 N–H and O–H groups in total. The minimum atomic E-state index is -1.02. The van der Waals surface area contributed by atoms with Gasteiger partial charge in [-0.15, -0.1) is 0 Å². The lowest BCUT2D eigenvalue weighted by atomic mass is 10.1. The normalized spacial score (nSPS) is 34.5. The van der Waals surface area contributed by atoms with Crippen LogP contribution in [-0.2, 0) is 14.3 Å². The van der Waals surface area contributed by atoms with Gasteiger partial charge in [-0.3, -0.25) is 0 Å². The summed E-state index contributed by atoms with van der Waals surface area (Å²) in [5, 5.41) is 11.9. The van der Waals surface area contributed by atoms with Gasteiger partial charge in [0.25, 0.3) is 0 Å². The number of amides is 1. The number of aliphatic hydroxyl groups is 1. The zero-order valence-electron chi connectivity index (χ0n) is 12.5. The van der Waals surface area contributed by atoms with Crippen LogP contribution in [0.5, 0.6) is 0 Å². The van der Waals surface area contributed by atoms with Gasteiger partial charge in [0.05, 0.1) is 6.61 Å². The number of hydrogen-bond donors (Lipinski definition) is 2. The molecule has 6 heteroatoms. The van der Waals surface area contributed by atoms with E-state index in [-0.39, 0.29) is 24.5 Å². The van der Waals surface area contributed by atoms with Crippen LogP contribution in [0.25, 0.3) is 0 Å². The molecule has 2 fully saturated rings. The molecule has 1 amide bonds. The molecular formula is C14H23NO5. The maximum atomic E-state index is 12.2. The average Bonchev–Trinajstić information content (AvgIpc) is 3.15. The van der Waals surface area contributed by atoms with Crippen molar-refractivity contribution in [1.29, 1.82) is 0 Å². The first-order chi connectivity index (χ1) is 9.21. The number of esters is 1. The Morgan fingerprint density at radius 3 is 2.50 bits per heavy atom. The minimum Gasteiger partial charge on any atom is -0.464 e. The van der Waals surface area contributed by atoms with Gasteiger partial charge in [-0.05, 0) is 46.5 Å². The Balaban J connectivity index is 2.07. The van der Waals surface area contributed by atoms with Crippen LogP contribution >= 0.6 is 0 Å². The van der Waals surface area contributed by atoms with Crippen LogP contribution in [0.15, 0.2) is 0 Å². The first-order valence-electron chi connectivity index (χ1n) is 7.00. The fourth-order valence-electron chi connectivity index (χ4n) is 3.02. The lowest BCUT2D eigenvalue weighted by molar-refractivity contribution is -0.147. The Morgan fingerprint density at radius 2 is 2.05 bits per heavy atom. The highest BCUT2D eigenvalue weighted by molar-refractivity contribution is 5.92. The summed E-state index contributed by atoms with van der Waals surface area (Å²) < 4.78 is 10.3. The van der Waals surface area contributed by atoms with E-state index >= 15 is 0 Å². The van der Waals surface area contributed by atoms with Crippen molar-refractivity contribution in [2.24, 2.45) is 11.3 Å². The van der Waals surface area contributed by atoms with Gasteiger partial charge in [0.2, 0.25) is 0 Å². The smallest absolute Gasteiger partial charge is 0.408 e. The molecule has 6 nitrogen and oxygen atoms in total. The van der Waals surface area contributed by atoms with Crippen molar-refractivity contribution in [3.05, 3.63) is 0 Å². The van der Waals surface area contributed by atoms with E-state index in [1.807, 2.05) is 0 Å². The Kier molecular flexibility index (Phi) is 3.48. The molecule has 2 aliphatic rings. The number of hydrogen-bond acceptors (Lipinski definition) is 5. The molecule has 2 aliphatic carbocycles. The molecule has 0 aromatic carbocycles. The van der Waals surface area contributed by atoms with Crippen molar-refractivity contribution in [3.63, 3.8) is 0 Å². The van der Waals surface area contributed by atoms with E-state index in [2.05, 4.69) is 5.32 Å². The number of carbonyl (C=O) groups excluding carboxylic acids is 2. The molecule has 0 heterocycles. The number of ether oxygens (including phenoxy) is 2. The second-order valence-electron chi connectivity index (χ2n) is 6.67. The average molecular weight is 285 g/mol. The fourth-order valence-corrected chi connectivity index (χ4v) is 3.02. The lowest BCUT2D eigenvalue weighted by Gasteiger charge is -2.23. The summed E-state index contributed by atoms with van der Waals surface area (Å²) in [5.74, 6) is -0.372. The Morgan fingerprint density at radius 1 is 1.40 bits per heavy atom. The largest absolute Gasteiger partial charge is 0.464 e. The van der Waals surface area contributed by atoms with Crippen molar-refractivity contribution in [2.75, 3.05) is 13.2 Å². The lowest BCUT2D eigenvalue weighted by Crippen LogP contribution is -2.48. The van der Waals surface area contributed by atoms with Gasteiger partial charge < -0.3 is 19.9 Å². The summed E-state index contributed by atoms with van der Waals surface area (Å²) in [7, 11) is 0. The second kappa shape index (κ2) is 4.62. The zero-order chi connectivity index (χ0) is 15.2. The highest BCUT2D eigenvalue weighted by atomic mass is 16.6. The van der Waals surface area contributed by atoms with Crippen molar-refractivity contribution in [1.82, 2.24) is 5.32 Å². The van der Waals surface area contributed by atoms with Crippen LogP contribution in [0.4, 0.5) is 4.79 Å². The van der Waals surface area contributed by atoms with E-state index in [4.69, 9.17) is 9.47 Å². The highest BCUT2D eigenvalue weighted by Gasteiger charge is 2.84. The maximum absolute atomic E-state index is 12.2. The van der Waals surface area contributed by atoms with Gasteiger partial charge in [0.15, 0.2) is 0 Å². The zero-order valence-corrected chi connectivity index (χ0v) is 12.5. The maximum Gasteiger partial charge on any atom is 0.408 e. The topological polar surface area (TPSA) is 84.9 Å². The number of aliphatic hydroxyl groups excluding tert-OH is 1. The Labute approximate surface area is 118 Å². The molecule has 0 unspecified atom stereocenters. The van der Waals surface area contributed by atoms with Gasteiger partial charge >= 0.3 is 12.1 Å². The highest BCUT2D eigenvalue weighted by Crippen LogP contribution is 2.76. The third-order valence-corrected chi connectivity index (χ3v) is 4.10. The van der Waals surface area contributed by atoms with Crippen LogP contribution in [-0.4, -0.2) is 41.5 Å². The number of alkyl carbamates (subject to hydrolysis) is 1. The molecule has 0 saturated heterocycles. The molecule has 3 atom stereocenters. The van der Waals surface area contributed by atoms with E-state index in [1.54, 1.807) is 27.7 Å². The van der Waals surface area contributed by atoms with Crippen LogP contribution in [0.2, 0.25) is 0 Å². The number of nitrogens with one attached hydrogen (secondary N) is 1. The quantitative estimate of drug-likeness (QED) is 0.759. The molecule has 0 radical (unpaired) electrons. The third-order valence-electron chi connectivity index (χ3n) is 4.10. The van der Waals surface area contributed by atoms with Crippen molar-refractivity contribution in [2.45, 2.75) is 51.7 Å². The van der Waals surface area contributed by atoms with Crippen LogP contribution in [0.1, 0.15) is 40.5 Å². The van der Waals surface area contributed by atoms with Crippen LogP contribution < -0.4 is 5.32 Å². The van der Waals surface area contributed by atoms with E-state index in [1.165, 1.54) is 0 Å². The number of rotatable bonds is 4. The summed E-state index contributed by atoms with van der Waals surface area (Å²) in [4.78, 5) is 24.1.